The fourth-order valence-electron chi connectivity index (χ4n) is 2.06. The second-order valence-corrected chi connectivity index (χ2v) is 5.08. The third kappa shape index (κ3) is 2.71. The molecule has 0 aliphatic heterocycles. The van der Waals surface area contributed by atoms with Crippen LogP contribution in [0.4, 0.5) is 0 Å². The smallest absolute Gasteiger partial charge is 0.236 e. The number of nitrogens with one attached hydrogen (secondary N) is 1. The first-order valence-corrected chi connectivity index (χ1v) is 5.49. The third-order valence-electron chi connectivity index (χ3n) is 3.24. The van der Waals surface area contributed by atoms with Crippen molar-refractivity contribution in [2.45, 2.75) is 58.5 Å². The van der Waals surface area contributed by atoms with Gasteiger partial charge in [0.1, 0.15) is 0 Å². The van der Waals surface area contributed by atoms with Crippen molar-refractivity contribution in [3.05, 3.63) is 0 Å². The van der Waals surface area contributed by atoms with E-state index in [0.29, 0.717) is 6.04 Å². The van der Waals surface area contributed by atoms with Crippen LogP contribution < -0.4 is 11.1 Å². The highest BCUT2D eigenvalue weighted by Crippen LogP contribution is 2.35. The van der Waals surface area contributed by atoms with E-state index in [1.807, 2.05) is 0 Å². The summed E-state index contributed by atoms with van der Waals surface area (Å²) in [4.78, 5) is 11.5. The van der Waals surface area contributed by atoms with Crippen LogP contribution in [0.15, 0.2) is 0 Å². The molecule has 1 saturated carbocycles. The Kier molecular flexibility index (Phi) is 3.53. The Morgan fingerprint density at radius 2 is 2.14 bits per heavy atom. The van der Waals surface area contributed by atoms with Crippen molar-refractivity contribution in [2.24, 2.45) is 11.1 Å². The molecule has 82 valence electrons. The predicted molar refractivity (Wildman–Crippen MR) is 57.8 cm³/mol. The standard InChI is InChI=1S/C11H22N2O/c1-8(12)10(14)13-9-6-4-5-7-11(9,2)3/h8-9H,4-7,12H2,1-3H3,(H,13,14). The predicted octanol–water partition coefficient (Wildman–Crippen LogP) is 1.42. The second-order valence-electron chi connectivity index (χ2n) is 5.08. The van der Waals surface area contributed by atoms with Gasteiger partial charge in [0.25, 0.3) is 0 Å². The Balaban J connectivity index is 2.54. The van der Waals surface area contributed by atoms with Crippen LogP contribution in [0.3, 0.4) is 0 Å². The van der Waals surface area contributed by atoms with Gasteiger partial charge in [0.15, 0.2) is 0 Å². The Morgan fingerprint density at radius 1 is 1.50 bits per heavy atom. The van der Waals surface area contributed by atoms with E-state index in [2.05, 4.69) is 19.2 Å². The van der Waals surface area contributed by atoms with Crippen molar-refractivity contribution in [1.82, 2.24) is 5.32 Å². The molecule has 0 saturated heterocycles. The lowest BCUT2D eigenvalue weighted by Crippen LogP contribution is -2.51. The molecule has 1 amide bonds. The molecule has 1 aliphatic carbocycles. The van der Waals surface area contributed by atoms with Crippen LogP contribution in [0.1, 0.15) is 46.5 Å². The molecule has 3 N–H and O–H groups in total. The van der Waals surface area contributed by atoms with E-state index in [9.17, 15) is 4.79 Å². The minimum Gasteiger partial charge on any atom is -0.351 e. The van der Waals surface area contributed by atoms with E-state index in [-0.39, 0.29) is 11.3 Å². The van der Waals surface area contributed by atoms with Crippen molar-refractivity contribution in [3.8, 4) is 0 Å². The van der Waals surface area contributed by atoms with Crippen LogP contribution in [0.5, 0.6) is 0 Å². The highest BCUT2D eigenvalue weighted by molar-refractivity contribution is 5.81. The van der Waals surface area contributed by atoms with Crippen molar-refractivity contribution < 1.29 is 4.79 Å². The van der Waals surface area contributed by atoms with Gasteiger partial charge < -0.3 is 11.1 Å². The topological polar surface area (TPSA) is 55.1 Å². The number of nitrogens with two attached hydrogens (primary N) is 1. The normalized spacial score (nSPS) is 28.1. The summed E-state index contributed by atoms with van der Waals surface area (Å²) in [6.45, 7) is 6.17. The lowest BCUT2D eigenvalue weighted by molar-refractivity contribution is -0.123. The molecule has 2 atom stereocenters. The molecule has 14 heavy (non-hydrogen) atoms. The molecule has 3 nitrogen and oxygen atoms in total. The maximum absolute atomic E-state index is 11.5. The first-order chi connectivity index (χ1) is 6.43. The van der Waals surface area contributed by atoms with Gasteiger partial charge in [-0.15, -0.1) is 0 Å². The summed E-state index contributed by atoms with van der Waals surface area (Å²) < 4.78 is 0. The van der Waals surface area contributed by atoms with Gasteiger partial charge in [0.2, 0.25) is 5.91 Å². The van der Waals surface area contributed by atoms with Crippen LogP contribution in [-0.4, -0.2) is 18.0 Å². The summed E-state index contributed by atoms with van der Waals surface area (Å²) in [6.07, 6.45) is 4.77. The second kappa shape index (κ2) is 4.30. The summed E-state index contributed by atoms with van der Waals surface area (Å²) in [7, 11) is 0. The first-order valence-electron chi connectivity index (χ1n) is 5.49. The summed E-state index contributed by atoms with van der Waals surface area (Å²) >= 11 is 0. The van der Waals surface area contributed by atoms with Gasteiger partial charge in [0, 0.05) is 6.04 Å². The van der Waals surface area contributed by atoms with Crippen molar-refractivity contribution in [2.75, 3.05) is 0 Å². The van der Waals surface area contributed by atoms with Gasteiger partial charge in [-0.1, -0.05) is 26.7 Å². The maximum Gasteiger partial charge on any atom is 0.236 e. The lowest BCUT2D eigenvalue weighted by atomic mass is 9.73. The highest BCUT2D eigenvalue weighted by Gasteiger charge is 2.33. The largest absolute Gasteiger partial charge is 0.351 e. The maximum atomic E-state index is 11.5. The number of amides is 1. The molecule has 0 spiro atoms. The number of carbonyl (C=O) groups is 1. The minimum absolute atomic E-state index is 0.0232. The van der Waals surface area contributed by atoms with E-state index in [0.717, 1.165) is 6.42 Å². The zero-order chi connectivity index (χ0) is 10.8. The molecule has 0 heterocycles. The molecule has 3 heteroatoms. The number of rotatable bonds is 2. The molecule has 0 aromatic carbocycles. The van der Waals surface area contributed by atoms with E-state index < -0.39 is 6.04 Å². The van der Waals surface area contributed by atoms with E-state index in [4.69, 9.17) is 5.73 Å². The van der Waals surface area contributed by atoms with Crippen LogP contribution in [0.2, 0.25) is 0 Å². The Morgan fingerprint density at radius 3 is 2.64 bits per heavy atom. The summed E-state index contributed by atoms with van der Waals surface area (Å²) in [5, 5.41) is 3.04. The molecule has 0 bridgehead atoms. The third-order valence-corrected chi connectivity index (χ3v) is 3.24. The molecule has 0 aromatic heterocycles. The van der Waals surface area contributed by atoms with Crippen LogP contribution in [0.25, 0.3) is 0 Å². The van der Waals surface area contributed by atoms with Crippen molar-refractivity contribution >= 4 is 5.91 Å². The number of hydrogen-bond acceptors (Lipinski definition) is 2. The van der Waals surface area contributed by atoms with E-state index in [1.165, 1.54) is 19.3 Å². The van der Waals surface area contributed by atoms with E-state index >= 15 is 0 Å². The number of carbonyl (C=O) groups excluding carboxylic acids is 1. The Hall–Kier alpha value is -0.570. The molecular weight excluding hydrogens is 176 g/mol. The molecule has 0 radical (unpaired) electrons. The first kappa shape index (κ1) is 11.5. The van der Waals surface area contributed by atoms with Crippen molar-refractivity contribution in [3.63, 3.8) is 0 Å². The molecule has 2 unspecified atom stereocenters. The molecule has 1 aliphatic rings. The fraction of sp³-hybridized carbons (Fsp3) is 0.909. The van der Waals surface area contributed by atoms with Gasteiger partial charge >= 0.3 is 0 Å². The lowest BCUT2D eigenvalue weighted by Gasteiger charge is -2.39. The van der Waals surface area contributed by atoms with Gasteiger partial charge in [-0.25, -0.2) is 0 Å². The fourth-order valence-corrected chi connectivity index (χ4v) is 2.06. The Bertz CT molecular complexity index is 211. The number of hydrogen-bond donors (Lipinski definition) is 2. The van der Waals surface area contributed by atoms with Crippen molar-refractivity contribution in [1.29, 1.82) is 0 Å². The molecule has 1 rings (SSSR count). The molecule has 0 aromatic rings. The summed E-state index contributed by atoms with van der Waals surface area (Å²) in [5.41, 5.74) is 5.75. The molecular formula is C11H22N2O. The van der Waals surface area contributed by atoms with Crippen LogP contribution in [-0.2, 0) is 4.79 Å². The average Bonchev–Trinajstić information content (AvgIpc) is 2.08. The van der Waals surface area contributed by atoms with Crippen LogP contribution in [0, 0.1) is 5.41 Å². The van der Waals surface area contributed by atoms with Gasteiger partial charge in [-0.05, 0) is 25.2 Å². The zero-order valence-corrected chi connectivity index (χ0v) is 9.47. The molecule has 1 fully saturated rings. The van der Waals surface area contributed by atoms with Gasteiger partial charge in [-0.3, -0.25) is 4.79 Å². The van der Waals surface area contributed by atoms with Crippen LogP contribution >= 0.6 is 0 Å². The Labute approximate surface area is 86.4 Å². The highest BCUT2D eigenvalue weighted by atomic mass is 16.2. The van der Waals surface area contributed by atoms with Gasteiger partial charge in [-0.2, -0.15) is 0 Å². The monoisotopic (exact) mass is 198 g/mol. The summed E-state index contributed by atoms with van der Waals surface area (Å²) in [5.74, 6) is -0.0232. The average molecular weight is 198 g/mol. The van der Waals surface area contributed by atoms with Gasteiger partial charge in [0.05, 0.1) is 6.04 Å². The minimum atomic E-state index is -0.396. The van der Waals surface area contributed by atoms with E-state index in [1.54, 1.807) is 6.92 Å². The summed E-state index contributed by atoms with van der Waals surface area (Å²) in [6, 6.07) is -0.0949. The zero-order valence-electron chi connectivity index (χ0n) is 9.47. The SMILES string of the molecule is CC(N)C(=O)NC1CCCCC1(C)C. The quantitative estimate of drug-likeness (QED) is 0.705.